The van der Waals surface area contributed by atoms with Crippen molar-refractivity contribution in [3.63, 3.8) is 0 Å². The molecule has 0 saturated carbocycles. The van der Waals surface area contributed by atoms with Crippen molar-refractivity contribution < 1.29 is 9.53 Å². The SMILES string of the molecule is C=CC(=O)N1CCC2=C(CCC2n2nc(-c3ccc(Oc4ccccc4)cc3)c3c(N)ncnc32)C1. The molecular formula is C28H26N6O2. The highest BCUT2D eigenvalue weighted by Crippen LogP contribution is 2.43. The summed E-state index contributed by atoms with van der Waals surface area (Å²) in [7, 11) is 0. The third-order valence-electron chi connectivity index (χ3n) is 7.01. The van der Waals surface area contributed by atoms with Gasteiger partial charge in [-0.2, -0.15) is 5.10 Å². The number of carbonyl (C=O) groups excluding carboxylic acids is 1. The lowest BCUT2D eigenvalue weighted by molar-refractivity contribution is -0.125. The molecule has 0 bridgehead atoms. The van der Waals surface area contributed by atoms with Crippen molar-refractivity contribution in [2.75, 3.05) is 18.8 Å². The van der Waals surface area contributed by atoms with Crippen molar-refractivity contribution in [2.24, 2.45) is 0 Å². The number of nitrogens with zero attached hydrogens (tertiary/aromatic N) is 5. The van der Waals surface area contributed by atoms with Crippen LogP contribution < -0.4 is 10.5 Å². The topological polar surface area (TPSA) is 99.2 Å². The van der Waals surface area contributed by atoms with E-state index in [0.29, 0.717) is 18.9 Å². The molecule has 4 aromatic rings. The van der Waals surface area contributed by atoms with Gasteiger partial charge in [-0.25, -0.2) is 14.6 Å². The smallest absolute Gasteiger partial charge is 0.246 e. The van der Waals surface area contributed by atoms with Crippen LogP contribution in [0.4, 0.5) is 5.82 Å². The van der Waals surface area contributed by atoms with Crippen molar-refractivity contribution in [1.82, 2.24) is 24.6 Å². The maximum absolute atomic E-state index is 12.1. The fourth-order valence-electron chi connectivity index (χ4n) is 5.28. The number of hydrogen-bond donors (Lipinski definition) is 1. The quantitative estimate of drug-likeness (QED) is 0.323. The molecule has 0 saturated heterocycles. The van der Waals surface area contributed by atoms with Gasteiger partial charge in [0.1, 0.15) is 29.3 Å². The van der Waals surface area contributed by atoms with E-state index in [1.54, 1.807) is 0 Å². The Bertz CT molecular complexity index is 1490. The minimum absolute atomic E-state index is 0.0166. The Labute approximate surface area is 208 Å². The molecule has 2 aliphatic rings. The Morgan fingerprint density at radius 1 is 1.06 bits per heavy atom. The van der Waals surface area contributed by atoms with Gasteiger partial charge in [0, 0.05) is 18.7 Å². The first-order chi connectivity index (χ1) is 17.6. The van der Waals surface area contributed by atoms with Crippen LogP contribution in [0.1, 0.15) is 25.3 Å². The third kappa shape index (κ3) is 3.80. The van der Waals surface area contributed by atoms with E-state index < -0.39 is 0 Å². The van der Waals surface area contributed by atoms with Gasteiger partial charge < -0.3 is 15.4 Å². The zero-order valence-electron chi connectivity index (χ0n) is 19.8. The average Bonchev–Trinajstić information content (AvgIpc) is 3.51. The van der Waals surface area contributed by atoms with Crippen molar-refractivity contribution in [1.29, 1.82) is 0 Å². The lowest BCUT2D eigenvalue weighted by atomic mass is 10.0. The summed E-state index contributed by atoms with van der Waals surface area (Å²) in [5.74, 6) is 1.91. The molecule has 0 spiro atoms. The Morgan fingerprint density at radius 3 is 2.61 bits per heavy atom. The second-order valence-electron chi connectivity index (χ2n) is 9.09. The Morgan fingerprint density at radius 2 is 1.83 bits per heavy atom. The average molecular weight is 479 g/mol. The number of rotatable bonds is 5. The number of aromatic nitrogens is 4. The van der Waals surface area contributed by atoms with E-state index in [2.05, 4.69) is 16.5 Å². The Kier molecular flexibility index (Phi) is 5.48. The summed E-state index contributed by atoms with van der Waals surface area (Å²) < 4.78 is 7.95. The largest absolute Gasteiger partial charge is 0.457 e. The molecule has 8 heteroatoms. The van der Waals surface area contributed by atoms with Crippen LogP contribution in [0, 0.1) is 0 Å². The van der Waals surface area contributed by atoms with E-state index in [0.717, 1.165) is 53.1 Å². The lowest BCUT2D eigenvalue weighted by Gasteiger charge is -2.29. The predicted octanol–water partition coefficient (Wildman–Crippen LogP) is 4.92. The van der Waals surface area contributed by atoms with Gasteiger partial charge in [-0.15, -0.1) is 0 Å². The molecule has 3 heterocycles. The molecule has 2 aromatic carbocycles. The molecule has 0 radical (unpaired) electrons. The molecule has 1 unspecified atom stereocenters. The number of nitrogens with two attached hydrogens (primary N) is 1. The van der Waals surface area contributed by atoms with Crippen molar-refractivity contribution in [3.05, 3.63) is 84.7 Å². The molecular weight excluding hydrogens is 452 g/mol. The van der Waals surface area contributed by atoms with Gasteiger partial charge in [0.2, 0.25) is 5.91 Å². The van der Waals surface area contributed by atoms with E-state index in [4.69, 9.17) is 15.6 Å². The number of hydrogen-bond acceptors (Lipinski definition) is 6. The number of para-hydroxylation sites is 1. The summed E-state index contributed by atoms with van der Waals surface area (Å²) in [6.45, 7) is 4.97. The third-order valence-corrected chi connectivity index (χ3v) is 7.01. The van der Waals surface area contributed by atoms with Crippen LogP contribution in [0.15, 0.2) is 84.7 Å². The zero-order valence-corrected chi connectivity index (χ0v) is 19.8. The molecule has 1 amide bonds. The highest BCUT2D eigenvalue weighted by molar-refractivity contribution is 5.98. The summed E-state index contributed by atoms with van der Waals surface area (Å²) in [6.07, 6.45) is 5.56. The first kappa shape index (κ1) is 22.0. The second-order valence-corrected chi connectivity index (χ2v) is 9.09. The molecule has 2 N–H and O–H groups in total. The Hall–Kier alpha value is -4.46. The molecule has 36 heavy (non-hydrogen) atoms. The van der Waals surface area contributed by atoms with E-state index in [1.807, 2.05) is 64.2 Å². The van der Waals surface area contributed by atoms with E-state index >= 15 is 0 Å². The van der Waals surface area contributed by atoms with Crippen LogP contribution >= 0.6 is 0 Å². The minimum Gasteiger partial charge on any atom is -0.457 e. The molecule has 180 valence electrons. The number of anilines is 1. The standard InChI is InChI=1S/C28H26N6O2/c1-2-24(35)33-15-14-22-19(16-33)10-13-23(22)34-28-25(27(29)30-17-31-28)26(32-34)18-8-11-21(12-9-18)36-20-6-4-3-5-7-20/h2-9,11-12,17,23H,1,10,13-16H2,(H2,29,30,31). The minimum atomic E-state index is -0.0166. The lowest BCUT2D eigenvalue weighted by Crippen LogP contribution is -2.35. The van der Waals surface area contributed by atoms with Gasteiger partial charge in [0.15, 0.2) is 5.65 Å². The number of ether oxygens (including phenoxy) is 1. The van der Waals surface area contributed by atoms with Crippen LogP contribution in [0.3, 0.4) is 0 Å². The van der Waals surface area contributed by atoms with Crippen molar-refractivity contribution >= 4 is 22.8 Å². The number of benzene rings is 2. The summed E-state index contributed by atoms with van der Waals surface area (Å²) in [6, 6.07) is 17.6. The van der Waals surface area contributed by atoms with Crippen LogP contribution in [0.2, 0.25) is 0 Å². The van der Waals surface area contributed by atoms with Crippen LogP contribution in [-0.2, 0) is 4.79 Å². The van der Waals surface area contributed by atoms with Crippen LogP contribution in [0.5, 0.6) is 11.5 Å². The van der Waals surface area contributed by atoms with Crippen LogP contribution in [-0.4, -0.2) is 43.6 Å². The summed E-state index contributed by atoms with van der Waals surface area (Å²) in [5, 5.41) is 5.79. The maximum Gasteiger partial charge on any atom is 0.246 e. The highest BCUT2D eigenvalue weighted by Gasteiger charge is 2.34. The number of nitrogen functional groups attached to an aromatic ring is 1. The molecule has 1 aliphatic heterocycles. The fraction of sp³-hybridized carbons (Fsp3) is 0.214. The van der Waals surface area contributed by atoms with Crippen molar-refractivity contribution in [2.45, 2.75) is 25.3 Å². The van der Waals surface area contributed by atoms with Gasteiger partial charge in [0.25, 0.3) is 0 Å². The van der Waals surface area contributed by atoms with Gasteiger partial charge in [-0.1, -0.05) is 24.8 Å². The first-order valence-corrected chi connectivity index (χ1v) is 12.1. The number of fused-ring (bicyclic) bond motifs is 1. The predicted molar refractivity (Wildman–Crippen MR) is 138 cm³/mol. The van der Waals surface area contributed by atoms with Gasteiger partial charge in [0.05, 0.1) is 11.4 Å². The monoisotopic (exact) mass is 478 g/mol. The summed E-state index contributed by atoms with van der Waals surface area (Å²) in [5.41, 5.74) is 11.4. The number of carbonyl (C=O) groups is 1. The van der Waals surface area contributed by atoms with E-state index in [9.17, 15) is 4.79 Å². The molecule has 0 fully saturated rings. The van der Waals surface area contributed by atoms with Gasteiger partial charge >= 0.3 is 0 Å². The molecule has 2 aromatic heterocycles. The van der Waals surface area contributed by atoms with Crippen LogP contribution in [0.25, 0.3) is 22.3 Å². The second kappa shape index (κ2) is 8.96. The van der Waals surface area contributed by atoms with Crippen molar-refractivity contribution in [3.8, 4) is 22.8 Å². The zero-order chi connectivity index (χ0) is 24.6. The summed E-state index contributed by atoms with van der Waals surface area (Å²) >= 11 is 0. The molecule has 8 nitrogen and oxygen atoms in total. The fourth-order valence-corrected chi connectivity index (χ4v) is 5.28. The normalized spacial score (nSPS) is 17.3. The van der Waals surface area contributed by atoms with E-state index in [1.165, 1.54) is 23.5 Å². The molecule has 6 rings (SSSR count). The molecule has 1 atom stereocenters. The van der Waals surface area contributed by atoms with Gasteiger partial charge in [-0.05, 0) is 72.9 Å². The van der Waals surface area contributed by atoms with E-state index in [-0.39, 0.29) is 11.9 Å². The maximum atomic E-state index is 12.1. The van der Waals surface area contributed by atoms with Gasteiger partial charge in [-0.3, -0.25) is 4.79 Å². The highest BCUT2D eigenvalue weighted by atomic mass is 16.5. The Balaban J connectivity index is 1.35. The first-order valence-electron chi connectivity index (χ1n) is 12.1. The molecule has 1 aliphatic carbocycles. The summed E-state index contributed by atoms with van der Waals surface area (Å²) in [4.78, 5) is 22.8. The number of amides is 1.